The van der Waals surface area contributed by atoms with Gasteiger partial charge in [0.25, 0.3) is 0 Å². The summed E-state index contributed by atoms with van der Waals surface area (Å²) in [4.78, 5) is 14.2. The second-order valence-corrected chi connectivity index (χ2v) is 6.57. The van der Waals surface area contributed by atoms with Crippen molar-refractivity contribution in [2.45, 2.75) is 36.6 Å². The standard InChI is InChI=1S/C12H15FN2O4S/c13-9-5-11(7-14-6-9)20(18,19)15-10-3-1-2-8(4-10)12(16)17/h5-8,10,15H,1-4H2,(H,16,17). The summed E-state index contributed by atoms with van der Waals surface area (Å²) >= 11 is 0. The molecule has 1 heterocycles. The predicted molar refractivity (Wildman–Crippen MR) is 67.9 cm³/mol. The Kier molecular flexibility index (Phi) is 4.34. The van der Waals surface area contributed by atoms with Crippen LogP contribution in [-0.2, 0) is 14.8 Å². The fraction of sp³-hybridized carbons (Fsp3) is 0.500. The quantitative estimate of drug-likeness (QED) is 0.869. The molecular weight excluding hydrogens is 287 g/mol. The fourth-order valence-corrected chi connectivity index (χ4v) is 3.60. The number of aliphatic carboxylic acids is 1. The minimum atomic E-state index is -3.88. The van der Waals surface area contributed by atoms with Gasteiger partial charge in [-0.2, -0.15) is 0 Å². The third-order valence-corrected chi connectivity index (χ3v) is 4.82. The summed E-state index contributed by atoms with van der Waals surface area (Å²) in [6.45, 7) is 0. The molecule has 0 bridgehead atoms. The average molecular weight is 302 g/mol. The van der Waals surface area contributed by atoms with Gasteiger partial charge in [-0.25, -0.2) is 17.5 Å². The fourth-order valence-electron chi connectivity index (χ4n) is 2.35. The first-order chi connectivity index (χ1) is 9.38. The minimum Gasteiger partial charge on any atom is -0.481 e. The number of pyridine rings is 1. The number of carboxylic acid groups (broad SMARTS) is 1. The van der Waals surface area contributed by atoms with Crippen molar-refractivity contribution in [1.82, 2.24) is 9.71 Å². The molecule has 2 atom stereocenters. The highest BCUT2D eigenvalue weighted by atomic mass is 32.2. The van der Waals surface area contributed by atoms with Crippen molar-refractivity contribution < 1.29 is 22.7 Å². The molecule has 1 aliphatic carbocycles. The Balaban J connectivity index is 2.10. The van der Waals surface area contributed by atoms with Gasteiger partial charge in [0.2, 0.25) is 10.0 Å². The van der Waals surface area contributed by atoms with E-state index >= 15 is 0 Å². The highest BCUT2D eigenvalue weighted by molar-refractivity contribution is 7.89. The maximum atomic E-state index is 13.0. The smallest absolute Gasteiger partial charge is 0.306 e. The van der Waals surface area contributed by atoms with Gasteiger partial charge in [-0.1, -0.05) is 6.42 Å². The van der Waals surface area contributed by atoms with Gasteiger partial charge < -0.3 is 5.11 Å². The number of nitrogens with zero attached hydrogens (tertiary/aromatic N) is 1. The Labute approximate surface area is 116 Å². The van der Waals surface area contributed by atoms with Crippen LogP contribution < -0.4 is 4.72 Å². The van der Waals surface area contributed by atoms with Crippen LogP contribution >= 0.6 is 0 Å². The second kappa shape index (κ2) is 5.84. The van der Waals surface area contributed by atoms with E-state index in [9.17, 15) is 17.6 Å². The number of carbonyl (C=O) groups is 1. The van der Waals surface area contributed by atoms with Gasteiger partial charge >= 0.3 is 5.97 Å². The summed E-state index contributed by atoms with van der Waals surface area (Å²) in [6, 6.07) is 0.436. The van der Waals surface area contributed by atoms with Gasteiger partial charge in [-0.05, 0) is 25.3 Å². The largest absolute Gasteiger partial charge is 0.481 e. The number of hydrogen-bond acceptors (Lipinski definition) is 4. The first kappa shape index (κ1) is 14.9. The van der Waals surface area contributed by atoms with Crippen molar-refractivity contribution >= 4 is 16.0 Å². The molecule has 1 fully saturated rings. The van der Waals surface area contributed by atoms with E-state index < -0.39 is 33.8 Å². The summed E-state index contributed by atoms with van der Waals surface area (Å²) in [5, 5.41) is 8.97. The summed E-state index contributed by atoms with van der Waals surface area (Å²) in [6.07, 6.45) is 3.99. The maximum Gasteiger partial charge on any atom is 0.306 e. The molecule has 20 heavy (non-hydrogen) atoms. The molecule has 0 saturated heterocycles. The van der Waals surface area contributed by atoms with Crippen LogP contribution in [0.3, 0.4) is 0 Å². The molecule has 2 N–H and O–H groups in total. The van der Waals surface area contributed by atoms with Gasteiger partial charge in [0.05, 0.1) is 12.1 Å². The molecule has 1 saturated carbocycles. The number of rotatable bonds is 4. The van der Waals surface area contributed by atoms with E-state index in [1.54, 1.807) is 0 Å². The molecule has 110 valence electrons. The van der Waals surface area contributed by atoms with Gasteiger partial charge in [-0.15, -0.1) is 0 Å². The molecule has 0 aliphatic heterocycles. The molecular formula is C12H15FN2O4S. The van der Waals surface area contributed by atoms with E-state index in [1.165, 1.54) is 0 Å². The molecule has 0 amide bonds. The van der Waals surface area contributed by atoms with Gasteiger partial charge in [-0.3, -0.25) is 9.78 Å². The first-order valence-electron chi connectivity index (χ1n) is 6.24. The molecule has 8 heteroatoms. The molecule has 0 spiro atoms. The van der Waals surface area contributed by atoms with Crippen LogP contribution in [0, 0.1) is 11.7 Å². The molecule has 0 aromatic carbocycles. The minimum absolute atomic E-state index is 0.247. The molecule has 2 unspecified atom stereocenters. The Morgan fingerprint density at radius 3 is 2.80 bits per heavy atom. The van der Waals surface area contributed by atoms with Gasteiger partial charge in [0.15, 0.2) is 0 Å². The Morgan fingerprint density at radius 2 is 2.15 bits per heavy atom. The Hall–Kier alpha value is -1.54. The molecule has 1 aliphatic rings. The number of hydrogen-bond donors (Lipinski definition) is 2. The van der Waals surface area contributed by atoms with Gasteiger partial charge in [0.1, 0.15) is 10.7 Å². The van der Waals surface area contributed by atoms with Crippen LogP contribution in [0.25, 0.3) is 0 Å². The zero-order chi connectivity index (χ0) is 14.8. The highest BCUT2D eigenvalue weighted by Crippen LogP contribution is 2.25. The first-order valence-corrected chi connectivity index (χ1v) is 7.72. The monoisotopic (exact) mass is 302 g/mol. The van der Waals surface area contributed by atoms with Crippen LogP contribution in [0.5, 0.6) is 0 Å². The number of carboxylic acids is 1. The van der Waals surface area contributed by atoms with E-state index in [2.05, 4.69) is 9.71 Å². The molecule has 6 nitrogen and oxygen atoms in total. The maximum absolute atomic E-state index is 13.0. The summed E-state index contributed by atoms with van der Waals surface area (Å²) in [5.74, 6) is -2.19. The van der Waals surface area contributed by atoms with Crippen molar-refractivity contribution in [1.29, 1.82) is 0 Å². The summed E-state index contributed by atoms with van der Waals surface area (Å²) in [7, 11) is -3.88. The Bertz CT molecular complexity index is 605. The number of halogens is 1. The lowest BCUT2D eigenvalue weighted by Crippen LogP contribution is -2.39. The number of nitrogens with one attached hydrogen (secondary N) is 1. The van der Waals surface area contributed by atoms with E-state index in [1.807, 2.05) is 0 Å². The lowest BCUT2D eigenvalue weighted by atomic mass is 9.86. The summed E-state index contributed by atoms with van der Waals surface area (Å²) in [5.41, 5.74) is 0. The lowest BCUT2D eigenvalue weighted by Gasteiger charge is -2.27. The molecule has 1 aromatic heterocycles. The van der Waals surface area contributed by atoms with Crippen LogP contribution in [0.1, 0.15) is 25.7 Å². The topological polar surface area (TPSA) is 96.4 Å². The third-order valence-electron chi connectivity index (χ3n) is 3.34. The second-order valence-electron chi connectivity index (χ2n) is 4.86. The zero-order valence-corrected chi connectivity index (χ0v) is 11.4. The van der Waals surface area contributed by atoms with Crippen molar-refractivity contribution in [2.75, 3.05) is 0 Å². The normalized spacial score (nSPS) is 23.4. The summed E-state index contributed by atoms with van der Waals surface area (Å²) < 4.78 is 39.6. The van der Waals surface area contributed by atoms with E-state index in [0.717, 1.165) is 18.5 Å². The molecule has 0 radical (unpaired) electrons. The molecule has 1 aromatic rings. The van der Waals surface area contributed by atoms with Crippen LogP contribution in [0.2, 0.25) is 0 Å². The number of aromatic nitrogens is 1. The average Bonchev–Trinajstić information content (AvgIpc) is 2.38. The molecule has 2 rings (SSSR count). The third kappa shape index (κ3) is 3.51. The van der Waals surface area contributed by atoms with Gasteiger partial charge in [0, 0.05) is 12.2 Å². The van der Waals surface area contributed by atoms with Crippen LogP contribution in [0.15, 0.2) is 23.4 Å². The predicted octanol–water partition coefficient (Wildman–Crippen LogP) is 1.14. The highest BCUT2D eigenvalue weighted by Gasteiger charge is 2.30. The van der Waals surface area contributed by atoms with Crippen LogP contribution in [-0.4, -0.2) is 30.5 Å². The lowest BCUT2D eigenvalue weighted by molar-refractivity contribution is -0.143. The van der Waals surface area contributed by atoms with E-state index in [-0.39, 0.29) is 11.3 Å². The van der Waals surface area contributed by atoms with Crippen molar-refractivity contribution in [3.63, 3.8) is 0 Å². The van der Waals surface area contributed by atoms with Crippen LogP contribution in [0.4, 0.5) is 4.39 Å². The zero-order valence-electron chi connectivity index (χ0n) is 10.6. The Morgan fingerprint density at radius 1 is 1.40 bits per heavy atom. The van der Waals surface area contributed by atoms with Crippen molar-refractivity contribution in [2.24, 2.45) is 5.92 Å². The van der Waals surface area contributed by atoms with Crippen molar-refractivity contribution in [3.05, 3.63) is 24.3 Å². The van der Waals surface area contributed by atoms with Crippen molar-refractivity contribution in [3.8, 4) is 0 Å². The number of sulfonamides is 1. The van der Waals surface area contributed by atoms with E-state index in [4.69, 9.17) is 5.11 Å². The SMILES string of the molecule is O=C(O)C1CCCC(NS(=O)(=O)c2cncc(F)c2)C1. The van der Waals surface area contributed by atoms with E-state index in [0.29, 0.717) is 19.3 Å².